The summed E-state index contributed by atoms with van der Waals surface area (Å²) in [5, 5.41) is 16.7. The number of amides is 1. The Morgan fingerprint density at radius 3 is 2.64 bits per heavy atom. The van der Waals surface area contributed by atoms with Crippen LogP contribution in [0.25, 0.3) is 16.7 Å². The molecule has 1 amide bonds. The summed E-state index contributed by atoms with van der Waals surface area (Å²) in [5.41, 5.74) is 5.87. The standard InChI is InChI=1S/C21H16F4N6O2/c1-10-16-17(19(26)28-9-27-16)31(30-10)15-6-5-13(8-14(15)22)29-20(33)18(32)11-3-2-4-12(7-11)21(23,24)25/h2-9,18,32H,1H3,(H,29,33)(H2,26,27,28). The number of nitrogens with two attached hydrogens (primary N) is 1. The number of fused-ring (bicyclic) bond motifs is 1. The number of carbonyl (C=O) groups excluding carboxylic acids is 1. The van der Waals surface area contributed by atoms with Gasteiger partial charge in [-0.1, -0.05) is 12.1 Å². The molecule has 8 nitrogen and oxygen atoms in total. The van der Waals surface area contributed by atoms with Gasteiger partial charge in [0.25, 0.3) is 5.91 Å². The fraction of sp³-hybridized carbons (Fsp3) is 0.143. The Kier molecular flexibility index (Phi) is 5.46. The molecule has 4 aromatic rings. The van der Waals surface area contributed by atoms with Gasteiger partial charge in [0.2, 0.25) is 0 Å². The van der Waals surface area contributed by atoms with Gasteiger partial charge in [-0.3, -0.25) is 4.79 Å². The van der Waals surface area contributed by atoms with E-state index in [1.807, 2.05) is 0 Å². The Morgan fingerprint density at radius 2 is 1.94 bits per heavy atom. The molecule has 1 unspecified atom stereocenters. The van der Waals surface area contributed by atoms with Gasteiger partial charge in [-0.2, -0.15) is 18.3 Å². The Labute approximate surface area is 183 Å². The van der Waals surface area contributed by atoms with Crippen LogP contribution in [0.15, 0.2) is 48.8 Å². The van der Waals surface area contributed by atoms with E-state index in [2.05, 4.69) is 20.4 Å². The van der Waals surface area contributed by atoms with Gasteiger partial charge in [0, 0.05) is 5.69 Å². The summed E-state index contributed by atoms with van der Waals surface area (Å²) < 4.78 is 54.8. The van der Waals surface area contributed by atoms with Gasteiger partial charge in [0.1, 0.15) is 23.0 Å². The molecule has 2 heterocycles. The molecule has 0 saturated heterocycles. The normalized spacial score (nSPS) is 12.7. The zero-order valence-corrected chi connectivity index (χ0v) is 16.9. The van der Waals surface area contributed by atoms with Crippen LogP contribution in [0.2, 0.25) is 0 Å². The summed E-state index contributed by atoms with van der Waals surface area (Å²) in [7, 11) is 0. The van der Waals surface area contributed by atoms with Crippen molar-refractivity contribution in [2.45, 2.75) is 19.2 Å². The Bertz CT molecular complexity index is 1370. The van der Waals surface area contributed by atoms with E-state index in [0.29, 0.717) is 22.8 Å². The zero-order valence-electron chi connectivity index (χ0n) is 16.9. The summed E-state index contributed by atoms with van der Waals surface area (Å²) in [6, 6.07) is 7.40. The quantitative estimate of drug-likeness (QED) is 0.401. The number of halogens is 4. The lowest BCUT2D eigenvalue weighted by Gasteiger charge is -2.14. The summed E-state index contributed by atoms with van der Waals surface area (Å²) in [5.74, 6) is -1.71. The topological polar surface area (TPSA) is 119 Å². The third-order valence-electron chi connectivity index (χ3n) is 4.88. The highest BCUT2D eigenvalue weighted by Crippen LogP contribution is 2.31. The first kappa shape index (κ1) is 22.1. The highest BCUT2D eigenvalue weighted by Gasteiger charge is 2.31. The number of aliphatic hydroxyl groups excluding tert-OH is 1. The number of benzene rings is 2. The molecule has 170 valence electrons. The molecule has 0 aliphatic heterocycles. The maximum atomic E-state index is 14.9. The van der Waals surface area contributed by atoms with Gasteiger partial charge < -0.3 is 16.2 Å². The smallest absolute Gasteiger partial charge is 0.382 e. The summed E-state index contributed by atoms with van der Waals surface area (Å²) >= 11 is 0. The van der Waals surface area contributed by atoms with Crippen LogP contribution in [0.1, 0.15) is 22.9 Å². The molecule has 0 spiro atoms. The second kappa shape index (κ2) is 8.13. The molecule has 12 heteroatoms. The van der Waals surface area contributed by atoms with Crippen LogP contribution >= 0.6 is 0 Å². The van der Waals surface area contributed by atoms with Gasteiger partial charge in [-0.15, -0.1) is 0 Å². The molecule has 2 aromatic carbocycles. The zero-order chi connectivity index (χ0) is 23.9. The fourth-order valence-corrected chi connectivity index (χ4v) is 3.29. The number of carbonyl (C=O) groups is 1. The molecule has 4 rings (SSSR count). The number of hydrogen-bond acceptors (Lipinski definition) is 6. The Morgan fingerprint density at radius 1 is 1.18 bits per heavy atom. The molecule has 2 aromatic heterocycles. The number of hydrogen-bond donors (Lipinski definition) is 3. The largest absolute Gasteiger partial charge is 0.416 e. The number of rotatable bonds is 4. The van der Waals surface area contributed by atoms with Gasteiger partial charge in [0.15, 0.2) is 17.7 Å². The van der Waals surface area contributed by atoms with E-state index in [1.54, 1.807) is 6.92 Å². The number of aryl methyl sites for hydroxylation is 1. The molecular weight excluding hydrogens is 444 g/mol. The third-order valence-corrected chi connectivity index (χ3v) is 4.88. The molecule has 33 heavy (non-hydrogen) atoms. The van der Waals surface area contributed by atoms with Gasteiger partial charge >= 0.3 is 6.18 Å². The van der Waals surface area contributed by atoms with Crippen molar-refractivity contribution in [3.63, 3.8) is 0 Å². The lowest BCUT2D eigenvalue weighted by atomic mass is 10.0. The van der Waals surface area contributed by atoms with Crippen LogP contribution in [0.3, 0.4) is 0 Å². The molecule has 0 radical (unpaired) electrons. The predicted molar refractivity (Wildman–Crippen MR) is 111 cm³/mol. The highest BCUT2D eigenvalue weighted by atomic mass is 19.4. The number of anilines is 2. The first-order valence-corrected chi connectivity index (χ1v) is 9.48. The lowest BCUT2D eigenvalue weighted by Crippen LogP contribution is -2.21. The van der Waals surface area contributed by atoms with E-state index in [-0.39, 0.29) is 22.8 Å². The van der Waals surface area contributed by atoms with E-state index < -0.39 is 29.6 Å². The highest BCUT2D eigenvalue weighted by molar-refractivity contribution is 5.95. The molecule has 4 N–H and O–H groups in total. The fourth-order valence-electron chi connectivity index (χ4n) is 3.29. The molecule has 0 aliphatic carbocycles. The molecule has 1 atom stereocenters. The average molecular weight is 460 g/mol. The van der Waals surface area contributed by atoms with Crippen LogP contribution in [0.4, 0.5) is 29.1 Å². The van der Waals surface area contributed by atoms with Crippen molar-refractivity contribution in [2.75, 3.05) is 11.1 Å². The summed E-state index contributed by atoms with van der Waals surface area (Å²) in [6.45, 7) is 1.67. The first-order valence-electron chi connectivity index (χ1n) is 9.48. The van der Waals surface area contributed by atoms with Crippen LogP contribution in [0, 0.1) is 12.7 Å². The maximum absolute atomic E-state index is 14.9. The summed E-state index contributed by atoms with van der Waals surface area (Å²) in [4.78, 5) is 20.3. The maximum Gasteiger partial charge on any atom is 0.416 e. The van der Waals surface area contributed by atoms with Crippen LogP contribution < -0.4 is 11.1 Å². The SMILES string of the molecule is Cc1nn(-c2ccc(NC(=O)C(O)c3cccc(C(F)(F)F)c3)cc2F)c2c(N)ncnc12. The monoisotopic (exact) mass is 460 g/mol. The molecule has 0 aliphatic rings. The molecule has 0 saturated carbocycles. The van der Waals surface area contributed by atoms with Gasteiger partial charge in [0.05, 0.1) is 11.3 Å². The Hall–Kier alpha value is -4.06. The minimum Gasteiger partial charge on any atom is -0.382 e. The number of alkyl halides is 3. The van der Waals surface area contributed by atoms with E-state index >= 15 is 0 Å². The molecular formula is C21H16F4N6O2. The van der Waals surface area contributed by atoms with Gasteiger partial charge in [-0.25, -0.2) is 19.0 Å². The van der Waals surface area contributed by atoms with Crippen molar-refractivity contribution < 1.29 is 27.5 Å². The van der Waals surface area contributed by atoms with Crippen molar-refractivity contribution in [3.05, 3.63) is 71.4 Å². The molecule has 0 fully saturated rings. The predicted octanol–water partition coefficient (Wildman–Crippen LogP) is 3.54. The van der Waals surface area contributed by atoms with E-state index in [0.717, 1.165) is 18.2 Å². The minimum absolute atomic E-state index is 0.00558. The average Bonchev–Trinajstić information content (AvgIpc) is 3.10. The second-order valence-electron chi connectivity index (χ2n) is 7.13. The molecule has 0 bridgehead atoms. The van der Waals surface area contributed by atoms with Crippen molar-refractivity contribution in [2.24, 2.45) is 0 Å². The van der Waals surface area contributed by atoms with E-state index in [1.165, 1.54) is 29.2 Å². The van der Waals surface area contributed by atoms with Crippen molar-refractivity contribution >= 4 is 28.4 Å². The number of aromatic nitrogens is 4. The number of nitrogen functional groups attached to an aromatic ring is 1. The Balaban J connectivity index is 1.59. The minimum atomic E-state index is -4.63. The van der Waals surface area contributed by atoms with Crippen LogP contribution in [-0.4, -0.2) is 30.8 Å². The van der Waals surface area contributed by atoms with Crippen molar-refractivity contribution in [3.8, 4) is 5.69 Å². The van der Waals surface area contributed by atoms with Crippen molar-refractivity contribution in [1.82, 2.24) is 19.7 Å². The van der Waals surface area contributed by atoms with Gasteiger partial charge in [-0.05, 0) is 42.8 Å². The summed E-state index contributed by atoms with van der Waals surface area (Å²) in [6.07, 6.45) is -5.26. The number of aliphatic hydroxyl groups is 1. The third kappa shape index (κ3) is 4.20. The lowest BCUT2D eigenvalue weighted by molar-refractivity contribution is -0.138. The number of nitrogens with zero attached hydrogens (tertiary/aromatic N) is 4. The van der Waals surface area contributed by atoms with E-state index in [9.17, 15) is 27.5 Å². The second-order valence-corrected chi connectivity index (χ2v) is 7.13. The van der Waals surface area contributed by atoms with Crippen LogP contribution in [-0.2, 0) is 11.0 Å². The van der Waals surface area contributed by atoms with Crippen LogP contribution in [0.5, 0.6) is 0 Å². The first-order chi connectivity index (χ1) is 15.6. The van der Waals surface area contributed by atoms with Crippen molar-refractivity contribution in [1.29, 1.82) is 0 Å². The van der Waals surface area contributed by atoms with E-state index in [4.69, 9.17) is 5.73 Å². The number of nitrogens with one attached hydrogen (secondary N) is 1.